The number of nitrogens with zero attached hydrogens (tertiary/aromatic N) is 3. The van der Waals surface area contributed by atoms with Gasteiger partial charge in [0.25, 0.3) is 0 Å². The molecule has 3 aromatic rings. The molecule has 1 aliphatic heterocycles. The number of hydrogen-bond acceptors (Lipinski definition) is 4. The van der Waals surface area contributed by atoms with Gasteiger partial charge in [0, 0.05) is 42.7 Å². The largest absolute Gasteiger partial charge is 0.366 e. The van der Waals surface area contributed by atoms with Gasteiger partial charge in [0.05, 0.1) is 5.69 Å². The van der Waals surface area contributed by atoms with Crippen LogP contribution < -0.4 is 10.6 Å². The van der Waals surface area contributed by atoms with Crippen LogP contribution >= 0.6 is 0 Å². The second kappa shape index (κ2) is 7.37. The minimum absolute atomic E-state index is 0.414. The fourth-order valence-electron chi connectivity index (χ4n) is 3.65. The summed E-state index contributed by atoms with van der Waals surface area (Å²) < 4.78 is 0. The van der Waals surface area contributed by atoms with E-state index in [1.807, 2.05) is 12.1 Å². The zero-order valence-electron chi connectivity index (χ0n) is 15.6. The monoisotopic (exact) mass is 360 g/mol. The molecule has 1 aromatic heterocycles. The molecule has 1 amide bonds. The number of primary amides is 1. The van der Waals surface area contributed by atoms with E-state index in [1.165, 1.54) is 10.8 Å². The van der Waals surface area contributed by atoms with Crippen molar-refractivity contribution in [1.82, 2.24) is 9.88 Å². The number of amides is 1. The molecule has 2 aromatic carbocycles. The second-order valence-corrected chi connectivity index (χ2v) is 6.92. The van der Waals surface area contributed by atoms with Gasteiger partial charge in [0.1, 0.15) is 5.82 Å². The molecule has 0 radical (unpaired) electrons. The van der Waals surface area contributed by atoms with Gasteiger partial charge in [-0.25, -0.2) is 4.98 Å². The van der Waals surface area contributed by atoms with Gasteiger partial charge in [-0.15, -0.1) is 0 Å². The Labute approximate surface area is 159 Å². The van der Waals surface area contributed by atoms with E-state index in [0.29, 0.717) is 5.56 Å². The minimum atomic E-state index is -0.414. The molecule has 1 aliphatic rings. The zero-order valence-corrected chi connectivity index (χ0v) is 15.6. The van der Waals surface area contributed by atoms with Crippen LogP contribution in [0.2, 0.25) is 0 Å². The number of aromatic nitrogens is 1. The van der Waals surface area contributed by atoms with E-state index < -0.39 is 5.91 Å². The molecule has 5 nitrogen and oxygen atoms in total. The Bertz CT molecular complexity index is 960. The third-order valence-corrected chi connectivity index (χ3v) is 5.30. The first kappa shape index (κ1) is 17.5. The van der Waals surface area contributed by atoms with Crippen LogP contribution in [0.5, 0.6) is 0 Å². The van der Waals surface area contributed by atoms with Crippen LogP contribution in [0.3, 0.4) is 0 Å². The molecule has 4 rings (SSSR count). The summed E-state index contributed by atoms with van der Waals surface area (Å²) in [5.41, 5.74) is 7.77. The summed E-state index contributed by atoms with van der Waals surface area (Å²) >= 11 is 0. The number of likely N-dealkylation sites (N-methyl/N-ethyl adjacent to an activating group) is 1. The Morgan fingerprint density at radius 1 is 1.04 bits per heavy atom. The predicted octanol–water partition coefficient (Wildman–Crippen LogP) is 3.14. The molecule has 0 bridgehead atoms. The van der Waals surface area contributed by atoms with Crippen molar-refractivity contribution in [2.75, 3.05) is 37.6 Å². The Morgan fingerprint density at radius 3 is 2.41 bits per heavy atom. The molecular formula is C22H24N4O. The van der Waals surface area contributed by atoms with Crippen LogP contribution in [0.4, 0.5) is 5.82 Å². The Balaban J connectivity index is 1.75. The van der Waals surface area contributed by atoms with Gasteiger partial charge in [-0.3, -0.25) is 4.79 Å². The van der Waals surface area contributed by atoms with Crippen molar-refractivity contribution in [2.45, 2.75) is 6.92 Å². The number of hydrogen-bond donors (Lipinski definition) is 1. The van der Waals surface area contributed by atoms with Crippen molar-refractivity contribution in [1.29, 1.82) is 0 Å². The summed E-state index contributed by atoms with van der Waals surface area (Å²) in [5, 5.41) is 2.36. The Morgan fingerprint density at radius 2 is 1.74 bits per heavy atom. The SMILES string of the molecule is CCN1CCN(c2nc(-c3ccc(C(N)=O)cc3)cc3ccccc23)CC1. The summed E-state index contributed by atoms with van der Waals surface area (Å²) in [6.07, 6.45) is 0. The number of benzene rings is 2. The van der Waals surface area contributed by atoms with Crippen LogP contribution in [-0.2, 0) is 0 Å². The lowest BCUT2D eigenvalue weighted by Crippen LogP contribution is -2.46. The minimum Gasteiger partial charge on any atom is -0.366 e. The van der Waals surface area contributed by atoms with E-state index in [-0.39, 0.29) is 0 Å². The van der Waals surface area contributed by atoms with E-state index in [1.54, 1.807) is 12.1 Å². The van der Waals surface area contributed by atoms with E-state index >= 15 is 0 Å². The molecule has 0 aliphatic carbocycles. The highest BCUT2D eigenvalue weighted by Crippen LogP contribution is 2.30. The maximum atomic E-state index is 11.3. The van der Waals surface area contributed by atoms with Gasteiger partial charge in [-0.2, -0.15) is 0 Å². The first-order valence-corrected chi connectivity index (χ1v) is 9.43. The average molecular weight is 360 g/mol. The molecule has 0 unspecified atom stereocenters. The van der Waals surface area contributed by atoms with Crippen molar-refractivity contribution in [2.24, 2.45) is 5.73 Å². The number of carbonyl (C=O) groups excluding carboxylic acids is 1. The highest BCUT2D eigenvalue weighted by Gasteiger charge is 2.19. The molecule has 0 spiro atoms. The third-order valence-electron chi connectivity index (χ3n) is 5.30. The lowest BCUT2D eigenvalue weighted by atomic mass is 10.0. The molecular weight excluding hydrogens is 336 g/mol. The quantitative estimate of drug-likeness (QED) is 0.776. The van der Waals surface area contributed by atoms with E-state index in [4.69, 9.17) is 10.7 Å². The maximum Gasteiger partial charge on any atom is 0.248 e. The zero-order chi connectivity index (χ0) is 18.8. The van der Waals surface area contributed by atoms with E-state index in [9.17, 15) is 4.79 Å². The van der Waals surface area contributed by atoms with Crippen molar-refractivity contribution < 1.29 is 4.79 Å². The second-order valence-electron chi connectivity index (χ2n) is 6.92. The van der Waals surface area contributed by atoms with Gasteiger partial charge >= 0.3 is 0 Å². The third kappa shape index (κ3) is 3.51. The highest BCUT2D eigenvalue weighted by molar-refractivity contribution is 5.96. The fourth-order valence-corrected chi connectivity index (χ4v) is 3.65. The molecule has 1 fully saturated rings. The molecule has 2 N–H and O–H groups in total. The van der Waals surface area contributed by atoms with Gasteiger partial charge in [0.15, 0.2) is 0 Å². The van der Waals surface area contributed by atoms with Crippen LogP contribution in [0.15, 0.2) is 54.6 Å². The summed E-state index contributed by atoms with van der Waals surface area (Å²) in [7, 11) is 0. The molecule has 27 heavy (non-hydrogen) atoms. The van der Waals surface area contributed by atoms with Gasteiger partial charge < -0.3 is 15.5 Å². The summed E-state index contributed by atoms with van der Waals surface area (Å²) in [6.45, 7) is 7.38. The topological polar surface area (TPSA) is 62.5 Å². The standard InChI is InChI=1S/C22H24N4O/c1-2-25-11-13-26(14-12-25)22-19-6-4-3-5-18(19)15-20(24-22)16-7-9-17(10-8-16)21(23)27/h3-10,15H,2,11-14H2,1H3,(H2,23,27). The van der Waals surface area contributed by atoms with Crippen molar-refractivity contribution >= 4 is 22.5 Å². The summed E-state index contributed by atoms with van der Waals surface area (Å²) in [4.78, 5) is 21.2. The van der Waals surface area contributed by atoms with E-state index in [0.717, 1.165) is 49.8 Å². The first-order valence-electron chi connectivity index (χ1n) is 9.43. The number of anilines is 1. The summed E-state index contributed by atoms with van der Waals surface area (Å²) in [5.74, 6) is 0.625. The lowest BCUT2D eigenvalue weighted by Gasteiger charge is -2.35. The van der Waals surface area contributed by atoms with Crippen LogP contribution in [-0.4, -0.2) is 48.5 Å². The van der Waals surface area contributed by atoms with Crippen LogP contribution in [0.25, 0.3) is 22.0 Å². The molecule has 0 atom stereocenters. The number of pyridine rings is 1. The molecule has 1 saturated heterocycles. The number of carbonyl (C=O) groups is 1. The number of rotatable bonds is 4. The van der Waals surface area contributed by atoms with Crippen molar-refractivity contribution in [3.63, 3.8) is 0 Å². The van der Waals surface area contributed by atoms with Crippen LogP contribution in [0.1, 0.15) is 17.3 Å². The smallest absolute Gasteiger partial charge is 0.248 e. The highest BCUT2D eigenvalue weighted by atomic mass is 16.1. The van der Waals surface area contributed by atoms with E-state index in [2.05, 4.69) is 47.1 Å². The van der Waals surface area contributed by atoms with Gasteiger partial charge in [-0.05, 0) is 30.1 Å². The number of nitrogens with two attached hydrogens (primary N) is 1. The van der Waals surface area contributed by atoms with Crippen molar-refractivity contribution in [3.8, 4) is 11.3 Å². The molecule has 138 valence electrons. The molecule has 2 heterocycles. The van der Waals surface area contributed by atoms with Crippen molar-refractivity contribution in [3.05, 3.63) is 60.2 Å². The molecule has 0 saturated carbocycles. The van der Waals surface area contributed by atoms with Gasteiger partial charge in [0.2, 0.25) is 5.91 Å². The number of fused-ring (bicyclic) bond motifs is 1. The lowest BCUT2D eigenvalue weighted by molar-refractivity contribution is 0.100. The summed E-state index contributed by atoms with van der Waals surface area (Å²) in [6, 6.07) is 17.8. The number of piperazine rings is 1. The normalized spacial score (nSPS) is 15.2. The Hall–Kier alpha value is -2.92. The van der Waals surface area contributed by atoms with Gasteiger partial charge in [-0.1, -0.05) is 43.3 Å². The van der Waals surface area contributed by atoms with Crippen LogP contribution in [0, 0.1) is 0 Å². The predicted molar refractivity (Wildman–Crippen MR) is 110 cm³/mol. The Kier molecular flexibility index (Phi) is 4.77. The first-order chi connectivity index (χ1) is 13.2. The average Bonchev–Trinajstić information content (AvgIpc) is 2.73. The fraction of sp³-hybridized carbons (Fsp3) is 0.273. The maximum absolute atomic E-state index is 11.3. The molecule has 5 heteroatoms.